The highest BCUT2D eigenvalue weighted by Crippen LogP contribution is 2.24. The third kappa shape index (κ3) is 3.74. The number of hydrogen-bond donors (Lipinski definition) is 1. The summed E-state index contributed by atoms with van der Waals surface area (Å²) < 4.78 is 5.72. The average Bonchev–Trinajstić information content (AvgIpc) is 2.95. The number of aliphatic hydroxyl groups is 1. The molecule has 0 aliphatic carbocycles. The predicted octanol–water partition coefficient (Wildman–Crippen LogP) is 2.35. The first-order valence-corrected chi connectivity index (χ1v) is 8.10. The van der Waals surface area contributed by atoms with E-state index in [0.29, 0.717) is 18.7 Å². The van der Waals surface area contributed by atoms with Crippen LogP contribution in [0.15, 0.2) is 42.5 Å². The molecule has 5 nitrogen and oxygen atoms in total. The van der Waals surface area contributed by atoms with Crippen molar-refractivity contribution in [1.82, 2.24) is 9.88 Å². The number of likely N-dealkylation sites (tertiary alicyclic amines) is 1. The number of aromatic nitrogens is 1. The number of ether oxygens (including phenoxy) is 1. The maximum Gasteiger partial charge on any atom is 0.272 e. The number of β-amino-alcohol motifs (C(OH)–C–C–N with tert-alkyl or cyclic N) is 1. The van der Waals surface area contributed by atoms with Crippen LogP contribution < -0.4 is 4.74 Å². The van der Waals surface area contributed by atoms with E-state index in [2.05, 4.69) is 4.98 Å². The standard InChI is InChI=1S/C19H22N2O3/c1-14-5-3-7-16(11-14)24-13-19(23)9-10-21(12-19)18(22)17-8-4-6-15(2)20-17/h3-8,11,23H,9-10,12-13H2,1-2H3/t19-/m1/s1. The highest BCUT2D eigenvalue weighted by Gasteiger charge is 2.39. The van der Waals surface area contributed by atoms with Crippen molar-refractivity contribution in [3.63, 3.8) is 0 Å². The first-order chi connectivity index (χ1) is 11.5. The Labute approximate surface area is 141 Å². The van der Waals surface area contributed by atoms with Gasteiger partial charge in [0.2, 0.25) is 0 Å². The van der Waals surface area contributed by atoms with Gasteiger partial charge in [-0.15, -0.1) is 0 Å². The summed E-state index contributed by atoms with van der Waals surface area (Å²) in [7, 11) is 0. The Kier molecular flexibility index (Phi) is 4.53. The molecule has 0 radical (unpaired) electrons. The molecule has 24 heavy (non-hydrogen) atoms. The van der Waals surface area contributed by atoms with Crippen LogP contribution in [0, 0.1) is 13.8 Å². The Morgan fingerprint density at radius 2 is 2.08 bits per heavy atom. The molecule has 126 valence electrons. The topological polar surface area (TPSA) is 62.7 Å². The minimum Gasteiger partial charge on any atom is -0.491 e. The van der Waals surface area contributed by atoms with E-state index < -0.39 is 5.60 Å². The van der Waals surface area contributed by atoms with Crippen molar-refractivity contribution in [3.8, 4) is 5.75 Å². The van der Waals surface area contributed by atoms with E-state index in [-0.39, 0.29) is 19.1 Å². The summed E-state index contributed by atoms with van der Waals surface area (Å²) in [5, 5.41) is 10.7. The van der Waals surface area contributed by atoms with E-state index in [1.165, 1.54) is 0 Å². The zero-order chi connectivity index (χ0) is 17.2. The van der Waals surface area contributed by atoms with Crippen molar-refractivity contribution in [1.29, 1.82) is 0 Å². The van der Waals surface area contributed by atoms with Gasteiger partial charge in [0.05, 0.1) is 6.54 Å². The van der Waals surface area contributed by atoms with Gasteiger partial charge in [-0.05, 0) is 50.1 Å². The van der Waals surface area contributed by atoms with E-state index in [1.807, 2.05) is 50.2 Å². The van der Waals surface area contributed by atoms with Crippen LogP contribution in [0.25, 0.3) is 0 Å². The molecule has 1 aromatic heterocycles. The van der Waals surface area contributed by atoms with Crippen LogP contribution in [-0.2, 0) is 0 Å². The highest BCUT2D eigenvalue weighted by molar-refractivity contribution is 5.92. The number of carbonyl (C=O) groups excluding carboxylic acids is 1. The normalized spacial score (nSPS) is 20.2. The van der Waals surface area contributed by atoms with Crippen LogP contribution in [0.2, 0.25) is 0 Å². The number of hydrogen-bond acceptors (Lipinski definition) is 4. The molecule has 0 unspecified atom stereocenters. The minimum atomic E-state index is -1.02. The lowest BCUT2D eigenvalue weighted by Gasteiger charge is -2.23. The largest absolute Gasteiger partial charge is 0.491 e. The quantitative estimate of drug-likeness (QED) is 0.937. The van der Waals surface area contributed by atoms with Gasteiger partial charge in [0.15, 0.2) is 0 Å². The van der Waals surface area contributed by atoms with Crippen molar-refractivity contribution in [3.05, 3.63) is 59.4 Å². The number of rotatable bonds is 4. The Morgan fingerprint density at radius 3 is 2.83 bits per heavy atom. The van der Waals surface area contributed by atoms with Crippen molar-refractivity contribution in [2.75, 3.05) is 19.7 Å². The summed E-state index contributed by atoms with van der Waals surface area (Å²) in [4.78, 5) is 18.4. The van der Waals surface area contributed by atoms with Gasteiger partial charge in [0.1, 0.15) is 23.7 Å². The lowest BCUT2D eigenvalue weighted by Crippen LogP contribution is -2.40. The predicted molar refractivity (Wildman–Crippen MR) is 91.1 cm³/mol. The lowest BCUT2D eigenvalue weighted by molar-refractivity contribution is 0.00423. The molecular weight excluding hydrogens is 304 g/mol. The minimum absolute atomic E-state index is 0.148. The third-order valence-corrected chi connectivity index (χ3v) is 4.22. The van der Waals surface area contributed by atoms with Gasteiger partial charge in [-0.1, -0.05) is 18.2 Å². The molecule has 1 fully saturated rings. The van der Waals surface area contributed by atoms with Gasteiger partial charge < -0.3 is 14.7 Å². The molecule has 1 aliphatic rings. The molecule has 1 N–H and O–H groups in total. The fraction of sp³-hybridized carbons (Fsp3) is 0.368. The van der Waals surface area contributed by atoms with E-state index in [4.69, 9.17) is 4.74 Å². The summed E-state index contributed by atoms with van der Waals surface area (Å²) in [5.41, 5.74) is 1.30. The molecule has 5 heteroatoms. The summed E-state index contributed by atoms with van der Waals surface area (Å²) in [6, 6.07) is 13.1. The Hall–Kier alpha value is -2.40. The van der Waals surface area contributed by atoms with Crippen LogP contribution in [0.4, 0.5) is 0 Å². The third-order valence-electron chi connectivity index (χ3n) is 4.22. The van der Waals surface area contributed by atoms with Gasteiger partial charge in [0, 0.05) is 12.2 Å². The number of carbonyl (C=O) groups is 1. The number of pyridine rings is 1. The summed E-state index contributed by atoms with van der Waals surface area (Å²) in [5.74, 6) is 0.582. The summed E-state index contributed by atoms with van der Waals surface area (Å²) in [6.45, 7) is 4.77. The monoisotopic (exact) mass is 326 g/mol. The fourth-order valence-electron chi connectivity index (χ4n) is 2.89. The van der Waals surface area contributed by atoms with Gasteiger partial charge >= 0.3 is 0 Å². The molecule has 1 amide bonds. The molecule has 1 atom stereocenters. The Bertz CT molecular complexity index is 747. The second kappa shape index (κ2) is 6.61. The van der Waals surface area contributed by atoms with Crippen molar-refractivity contribution < 1.29 is 14.6 Å². The molecule has 2 aromatic rings. The van der Waals surface area contributed by atoms with Crippen LogP contribution in [0.3, 0.4) is 0 Å². The second-order valence-corrected chi connectivity index (χ2v) is 6.47. The van der Waals surface area contributed by atoms with Crippen molar-refractivity contribution >= 4 is 5.91 Å². The van der Waals surface area contributed by atoms with Gasteiger partial charge in [0.25, 0.3) is 5.91 Å². The fourth-order valence-corrected chi connectivity index (χ4v) is 2.89. The highest BCUT2D eigenvalue weighted by atomic mass is 16.5. The maximum atomic E-state index is 12.5. The van der Waals surface area contributed by atoms with Crippen LogP contribution >= 0.6 is 0 Å². The summed E-state index contributed by atoms with van der Waals surface area (Å²) >= 11 is 0. The van der Waals surface area contributed by atoms with Crippen LogP contribution in [0.5, 0.6) is 5.75 Å². The molecule has 1 saturated heterocycles. The molecule has 1 aliphatic heterocycles. The van der Waals surface area contributed by atoms with E-state index in [1.54, 1.807) is 11.0 Å². The first kappa shape index (κ1) is 16.5. The second-order valence-electron chi connectivity index (χ2n) is 6.47. The Balaban J connectivity index is 1.62. The van der Waals surface area contributed by atoms with Crippen LogP contribution in [0.1, 0.15) is 28.2 Å². The Morgan fingerprint density at radius 1 is 1.29 bits per heavy atom. The number of benzene rings is 1. The van der Waals surface area contributed by atoms with E-state index in [0.717, 1.165) is 17.0 Å². The van der Waals surface area contributed by atoms with E-state index >= 15 is 0 Å². The maximum absolute atomic E-state index is 12.5. The zero-order valence-corrected chi connectivity index (χ0v) is 14.0. The summed E-state index contributed by atoms with van der Waals surface area (Å²) in [6.07, 6.45) is 0.496. The average molecular weight is 326 g/mol. The van der Waals surface area contributed by atoms with Gasteiger partial charge in [-0.2, -0.15) is 0 Å². The lowest BCUT2D eigenvalue weighted by atomic mass is 10.1. The molecule has 1 aromatic carbocycles. The molecule has 0 bridgehead atoms. The smallest absolute Gasteiger partial charge is 0.272 e. The number of nitrogens with zero attached hydrogens (tertiary/aromatic N) is 2. The number of aryl methyl sites for hydroxylation is 2. The molecule has 3 rings (SSSR count). The van der Waals surface area contributed by atoms with Crippen molar-refractivity contribution in [2.24, 2.45) is 0 Å². The van der Waals surface area contributed by atoms with Gasteiger partial charge in [-0.3, -0.25) is 4.79 Å². The molecule has 2 heterocycles. The van der Waals surface area contributed by atoms with Crippen LogP contribution in [-0.4, -0.2) is 46.2 Å². The zero-order valence-electron chi connectivity index (χ0n) is 14.0. The van der Waals surface area contributed by atoms with Gasteiger partial charge in [-0.25, -0.2) is 4.98 Å². The molecule has 0 spiro atoms. The number of amides is 1. The molecule has 0 saturated carbocycles. The SMILES string of the molecule is Cc1cccc(OC[C@@]2(O)CCN(C(=O)c3cccc(C)n3)C2)c1. The van der Waals surface area contributed by atoms with E-state index in [9.17, 15) is 9.90 Å². The van der Waals surface area contributed by atoms with Crippen molar-refractivity contribution in [2.45, 2.75) is 25.9 Å². The molecular formula is C19H22N2O3. The first-order valence-electron chi connectivity index (χ1n) is 8.10.